The van der Waals surface area contributed by atoms with Gasteiger partial charge in [-0.05, 0) is 36.4 Å². The van der Waals surface area contributed by atoms with E-state index in [2.05, 4.69) is 27.4 Å². The van der Waals surface area contributed by atoms with Crippen LogP contribution in [0.2, 0.25) is 0 Å². The molecule has 0 aromatic heterocycles. The lowest BCUT2D eigenvalue weighted by atomic mass is 10.1. The van der Waals surface area contributed by atoms with Crippen molar-refractivity contribution < 1.29 is 9.59 Å². The van der Waals surface area contributed by atoms with Crippen LogP contribution in [0.1, 0.15) is 22.8 Å². The van der Waals surface area contributed by atoms with Gasteiger partial charge in [-0.15, -0.1) is 0 Å². The molecule has 2 N–H and O–H groups in total. The van der Waals surface area contributed by atoms with E-state index in [-0.39, 0.29) is 11.8 Å². The number of carbonyl (C=O) groups excluding carboxylic acids is 2. The Bertz CT molecular complexity index is 969. The molecule has 31 heavy (non-hydrogen) atoms. The minimum Gasteiger partial charge on any atom is -0.351 e. The minimum absolute atomic E-state index is 0.111. The first-order valence-electron chi connectivity index (χ1n) is 10.8. The number of anilines is 1. The van der Waals surface area contributed by atoms with Crippen LogP contribution in [-0.2, 0) is 4.79 Å². The maximum Gasteiger partial charge on any atom is 0.262 e. The number of hydrogen-bond acceptors (Lipinski definition) is 5. The molecule has 7 heteroatoms. The van der Waals surface area contributed by atoms with Crippen LogP contribution in [0.5, 0.6) is 0 Å². The van der Waals surface area contributed by atoms with E-state index in [9.17, 15) is 9.59 Å². The topological polar surface area (TPSA) is 64.7 Å². The van der Waals surface area contributed by atoms with Crippen LogP contribution in [0.4, 0.5) is 5.69 Å². The van der Waals surface area contributed by atoms with Crippen LogP contribution < -0.4 is 10.6 Å². The fraction of sp³-hybridized carbons (Fsp3) is 0.333. The molecule has 1 saturated heterocycles. The van der Waals surface area contributed by atoms with Gasteiger partial charge in [0.15, 0.2) is 0 Å². The molecule has 0 spiro atoms. The SMILES string of the molecule is CCN1CCN(CCNC(=O)c2ccc3c(c2)NC(=O)C(=Cc2ccccc2)S3)CC1. The highest BCUT2D eigenvalue weighted by molar-refractivity contribution is 8.04. The summed E-state index contributed by atoms with van der Waals surface area (Å²) in [7, 11) is 0. The molecule has 2 aliphatic rings. The van der Waals surface area contributed by atoms with Gasteiger partial charge in [-0.25, -0.2) is 0 Å². The van der Waals surface area contributed by atoms with Crippen molar-refractivity contribution in [3.8, 4) is 0 Å². The summed E-state index contributed by atoms with van der Waals surface area (Å²) >= 11 is 1.43. The molecule has 2 aromatic carbocycles. The highest BCUT2D eigenvalue weighted by Crippen LogP contribution is 2.39. The molecule has 0 unspecified atom stereocenters. The molecular formula is C24H28N4O2S. The van der Waals surface area contributed by atoms with Gasteiger partial charge in [0.1, 0.15) is 0 Å². The van der Waals surface area contributed by atoms with E-state index in [0.29, 0.717) is 22.7 Å². The molecule has 162 valence electrons. The fourth-order valence-electron chi connectivity index (χ4n) is 3.76. The van der Waals surface area contributed by atoms with E-state index in [4.69, 9.17) is 0 Å². The second-order valence-electron chi connectivity index (χ2n) is 7.72. The zero-order chi connectivity index (χ0) is 21.6. The van der Waals surface area contributed by atoms with Gasteiger partial charge in [-0.3, -0.25) is 14.5 Å². The van der Waals surface area contributed by atoms with Crippen molar-refractivity contribution in [2.45, 2.75) is 11.8 Å². The number of rotatable bonds is 6. The van der Waals surface area contributed by atoms with Crippen LogP contribution in [0.3, 0.4) is 0 Å². The van der Waals surface area contributed by atoms with Gasteiger partial charge in [0.05, 0.1) is 10.6 Å². The number of amides is 2. The van der Waals surface area contributed by atoms with Crippen molar-refractivity contribution in [2.24, 2.45) is 0 Å². The molecule has 6 nitrogen and oxygen atoms in total. The van der Waals surface area contributed by atoms with Gasteiger partial charge in [0.2, 0.25) is 0 Å². The molecule has 0 aliphatic carbocycles. The Hall–Kier alpha value is -2.61. The predicted molar refractivity (Wildman–Crippen MR) is 126 cm³/mol. The summed E-state index contributed by atoms with van der Waals surface area (Å²) in [6, 6.07) is 15.2. The number of nitrogens with zero attached hydrogens (tertiary/aromatic N) is 2. The lowest BCUT2D eigenvalue weighted by Gasteiger charge is -2.33. The van der Waals surface area contributed by atoms with Crippen LogP contribution >= 0.6 is 11.8 Å². The smallest absolute Gasteiger partial charge is 0.262 e. The average molecular weight is 437 g/mol. The van der Waals surface area contributed by atoms with Gasteiger partial charge < -0.3 is 15.5 Å². The Labute approximate surface area is 187 Å². The van der Waals surface area contributed by atoms with Crippen LogP contribution in [0.15, 0.2) is 58.3 Å². The van der Waals surface area contributed by atoms with E-state index in [1.807, 2.05) is 48.5 Å². The van der Waals surface area contributed by atoms with Crippen molar-refractivity contribution in [3.63, 3.8) is 0 Å². The lowest BCUT2D eigenvalue weighted by Crippen LogP contribution is -2.48. The average Bonchev–Trinajstić information content (AvgIpc) is 2.80. The molecule has 0 saturated carbocycles. The first kappa shape index (κ1) is 21.6. The van der Waals surface area contributed by atoms with Gasteiger partial charge in [-0.1, -0.05) is 49.0 Å². The predicted octanol–water partition coefficient (Wildman–Crippen LogP) is 3.14. The number of nitrogens with one attached hydrogen (secondary N) is 2. The van der Waals surface area contributed by atoms with Crippen molar-refractivity contribution in [3.05, 3.63) is 64.6 Å². The maximum absolute atomic E-state index is 12.6. The number of carbonyl (C=O) groups is 2. The quantitative estimate of drug-likeness (QED) is 0.681. The molecule has 4 rings (SSSR count). The van der Waals surface area contributed by atoms with Crippen molar-refractivity contribution >= 4 is 35.3 Å². The van der Waals surface area contributed by atoms with Crippen LogP contribution in [0, 0.1) is 0 Å². The lowest BCUT2D eigenvalue weighted by molar-refractivity contribution is -0.112. The molecule has 2 aromatic rings. The molecule has 2 heterocycles. The first-order valence-corrected chi connectivity index (χ1v) is 11.6. The summed E-state index contributed by atoms with van der Waals surface area (Å²) in [6.45, 7) is 9.04. The zero-order valence-corrected chi connectivity index (χ0v) is 18.6. The van der Waals surface area contributed by atoms with Gasteiger partial charge >= 0.3 is 0 Å². The molecule has 2 amide bonds. The molecule has 1 fully saturated rings. The molecule has 0 atom stereocenters. The van der Waals surface area contributed by atoms with E-state index in [1.165, 1.54) is 11.8 Å². The fourth-order valence-corrected chi connectivity index (χ4v) is 4.69. The Morgan fingerprint density at radius 1 is 1.10 bits per heavy atom. The van der Waals surface area contributed by atoms with Crippen molar-refractivity contribution in [1.29, 1.82) is 0 Å². The molecule has 2 aliphatic heterocycles. The third-order valence-electron chi connectivity index (χ3n) is 5.66. The largest absolute Gasteiger partial charge is 0.351 e. The minimum atomic E-state index is -0.148. The van der Waals surface area contributed by atoms with Gasteiger partial charge in [0, 0.05) is 49.7 Å². The third-order valence-corrected chi connectivity index (χ3v) is 6.76. The summed E-state index contributed by atoms with van der Waals surface area (Å²) in [5.41, 5.74) is 2.23. The Balaban J connectivity index is 1.33. The van der Waals surface area contributed by atoms with Crippen molar-refractivity contribution in [2.75, 3.05) is 51.1 Å². The van der Waals surface area contributed by atoms with Gasteiger partial charge in [0.25, 0.3) is 11.8 Å². The highest BCUT2D eigenvalue weighted by Gasteiger charge is 2.22. The second-order valence-corrected chi connectivity index (χ2v) is 8.80. The summed E-state index contributed by atoms with van der Waals surface area (Å²) in [5, 5.41) is 5.93. The van der Waals surface area contributed by atoms with Gasteiger partial charge in [-0.2, -0.15) is 0 Å². The van der Waals surface area contributed by atoms with Crippen molar-refractivity contribution in [1.82, 2.24) is 15.1 Å². The van der Waals surface area contributed by atoms with Crippen LogP contribution in [0.25, 0.3) is 6.08 Å². The monoisotopic (exact) mass is 436 g/mol. The number of fused-ring (bicyclic) bond motifs is 1. The van der Waals surface area contributed by atoms with E-state index < -0.39 is 0 Å². The number of hydrogen-bond donors (Lipinski definition) is 2. The zero-order valence-electron chi connectivity index (χ0n) is 17.8. The summed E-state index contributed by atoms with van der Waals surface area (Å²) in [4.78, 5) is 31.5. The summed E-state index contributed by atoms with van der Waals surface area (Å²) in [6.07, 6.45) is 1.88. The maximum atomic E-state index is 12.6. The summed E-state index contributed by atoms with van der Waals surface area (Å²) in [5.74, 6) is -0.259. The molecule has 0 radical (unpaired) electrons. The second kappa shape index (κ2) is 10.1. The highest BCUT2D eigenvalue weighted by atomic mass is 32.2. The van der Waals surface area contributed by atoms with E-state index in [1.54, 1.807) is 6.07 Å². The number of thioether (sulfide) groups is 1. The van der Waals surface area contributed by atoms with Crippen LogP contribution in [-0.4, -0.2) is 67.4 Å². The molecule has 0 bridgehead atoms. The number of likely N-dealkylation sites (N-methyl/N-ethyl adjacent to an activating group) is 1. The third kappa shape index (κ3) is 5.55. The first-order chi connectivity index (χ1) is 15.1. The Morgan fingerprint density at radius 3 is 2.58 bits per heavy atom. The van der Waals surface area contributed by atoms with E-state index >= 15 is 0 Å². The van der Waals surface area contributed by atoms with E-state index in [0.717, 1.165) is 49.7 Å². The Kier molecular flexibility index (Phi) is 7.06. The Morgan fingerprint density at radius 2 is 1.84 bits per heavy atom. The number of piperazine rings is 1. The summed E-state index contributed by atoms with van der Waals surface area (Å²) < 4.78 is 0. The standard InChI is InChI=1S/C24H28N4O2S/c1-2-27-12-14-28(15-13-27)11-10-25-23(29)19-8-9-21-20(17-19)26-24(30)22(31-21)16-18-6-4-3-5-7-18/h3-9,16-17H,2,10-15H2,1H3,(H,25,29)(H,26,30). The normalized spacial score (nSPS) is 18.5. The molecular weight excluding hydrogens is 408 g/mol. The number of benzene rings is 2.